The highest BCUT2D eigenvalue weighted by Gasteiger charge is 2.11. The van der Waals surface area contributed by atoms with Crippen LogP contribution < -0.4 is 9.47 Å². The second kappa shape index (κ2) is 8.19. The van der Waals surface area contributed by atoms with E-state index in [-0.39, 0.29) is 5.82 Å². The van der Waals surface area contributed by atoms with Crippen LogP contribution in [0.1, 0.15) is 0 Å². The second-order valence-electron chi connectivity index (χ2n) is 6.73. The molecule has 0 saturated carbocycles. The van der Waals surface area contributed by atoms with E-state index in [0.29, 0.717) is 0 Å². The van der Waals surface area contributed by atoms with Gasteiger partial charge in [-0.05, 0) is 75.8 Å². The van der Waals surface area contributed by atoms with Gasteiger partial charge in [0.2, 0.25) is 0 Å². The molecule has 0 bridgehead atoms. The van der Waals surface area contributed by atoms with Crippen LogP contribution in [0.5, 0.6) is 11.5 Å². The van der Waals surface area contributed by atoms with E-state index in [1.807, 2.05) is 60.7 Å². The molecule has 4 aromatic carbocycles. The maximum Gasteiger partial charge on any atom is 0.123 e. The summed E-state index contributed by atoms with van der Waals surface area (Å²) in [6.07, 6.45) is 0. The Morgan fingerprint density at radius 3 is 1.59 bits per heavy atom. The monoisotopic (exact) mass is 384 g/mol. The lowest BCUT2D eigenvalue weighted by Crippen LogP contribution is -1.89. The van der Waals surface area contributed by atoms with Crippen LogP contribution >= 0.6 is 0 Å². The van der Waals surface area contributed by atoms with Gasteiger partial charge in [0, 0.05) is 0 Å². The van der Waals surface area contributed by atoms with Crippen molar-refractivity contribution in [1.82, 2.24) is 0 Å². The molecule has 4 rings (SSSR count). The molecule has 0 aliphatic carbocycles. The molecule has 0 spiro atoms. The van der Waals surface area contributed by atoms with E-state index in [4.69, 9.17) is 9.47 Å². The first-order valence-electron chi connectivity index (χ1n) is 9.37. The highest BCUT2D eigenvalue weighted by Crippen LogP contribution is 2.37. The maximum absolute atomic E-state index is 13.7. The fraction of sp³-hybridized carbons (Fsp3) is 0.0769. The molecular weight excluding hydrogens is 363 g/mol. The van der Waals surface area contributed by atoms with Crippen LogP contribution in [0.15, 0.2) is 91.0 Å². The molecular formula is C26H21FO2. The maximum atomic E-state index is 13.7. The van der Waals surface area contributed by atoms with Crippen LogP contribution in [0.3, 0.4) is 0 Å². The summed E-state index contributed by atoms with van der Waals surface area (Å²) in [7, 11) is 3.31. The third kappa shape index (κ3) is 3.99. The Kier molecular flexibility index (Phi) is 5.30. The summed E-state index contributed by atoms with van der Waals surface area (Å²) in [6, 6.07) is 28.8. The summed E-state index contributed by atoms with van der Waals surface area (Å²) in [5, 5.41) is 0. The highest BCUT2D eigenvalue weighted by molar-refractivity contribution is 5.87. The topological polar surface area (TPSA) is 18.5 Å². The Bertz CT molecular complexity index is 1120. The molecule has 0 fully saturated rings. The van der Waals surface area contributed by atoms with Crippen LogP contribution in [-0.2, 0) is 0 Å². The normalized spacial score (nSPS) is 10.6. The van der Waals surface area contributed by atoms with E-state index >= 15 is 0 Å². The predicted molar refractivity (Wildman–Crippen MR) is 116 cm³/mol. The van der Waals surface area contributed by atoms with Crippen molar-refractivity contribution in [1.29, 1.82) is 0 Å². The average molecular weight is 384 g/mol. The number of hydrogen-bond acceptors (Lipinski definition) is 2. The molecule has 4 aromatic rings. The first kappa shape index (κ1) is 18.8. The Morgan fingerprint density at radius 2 is 1.03 bits per heavy atom. The zero-order chi connectivity index (χ0) is 20.2. The fourth-order valence-corrected chi connectivity index (χ4v) is 3.42. The number of rotatable bonds is 5. The molecule has 29 heavy (non-hydrogen) atoms. The minimum atomic E-state index is -0.243. The molecule has 0 aromatic heterocycles. The summed E-state index contributed by atoms with van der Waals surface area (Å²) >= 11 is 0. The standard InChI is InChI=1S/C26H21FO2/c1-28-23-11-6-18(7-12-23)25-15-10-21(20-4-3-5-22(27)16-20)17-26(25)19-8-13-24(29-2)14-9-19/h3-17H,1-2H3. The Labute approximate surface area is 170 Å². The van der Waals surface area contributed by atoms with Gasteiger partial charge in [0.15, 0.2) is 0 Å². The molecule has 0 heterocycles. The van der Waals surface area contributed by atoms with Crippen molar-refractivity contribution in [2.75, 3.05) is 14.2 Å². The molecule has 2 nitrogen and oxygen atoms in total. The molecule has 0 atom stereocenters. The number of hydrogen-bond donors (Lipinski definition) is 0. The highest BCUT2D eigenvalue weighted by atomic mass is 19.1. The summed E-state index contributed by atoms with van der Waals surface area (Å²) in [5.74, 6) is 1.38. The van der Waals surface area contributed by atoms with Crippen molar-refractivity contribution in [2.45, 2.75) is 0 Å². The number of halogens is 1. The van der Waals surface area contributed by atoms with Gasteiger partial charge in [-0.15, -0.1) is 0 Å². The third-order valence-electron chi connectivity index (χ3n) is 4.98. The smallest absolute Gasteiger partial charge is 0.123 e. The zero-order valence-electron chi connectivity index (χ0n) is 16.4. The van der Waals surface area contributed by atoms with E-state index in [1.165, 1.54) is 6.07 Å². The Morgan fingerprint density at radius 1 is 0.517 bits per heavy atom. The average Bonchev–Trinajstić information content (AvgIpc) is 2.79. The fourth-order valence-electron chi connectivity index (χ4n) is 3.42. The lowest BCUT2D eigenvalue weighted by atomic mass is 9.91. The lowest BCUT2D eigenvalue weighted by Gasteiger charge is -2.14. The van der Waals surface area contributed by atoms with Gasteiger partial charge in [-0.1, -0.05) is 48.5 Å². The Hall–Kier alpha value is -3.59. The van der Waals surface area contributed by atoms with Crippen molar-refractivity contribution in [3.8, 4) is 44.9 Å². The number of ether oxygens (including phenoxy) is 2. The van der Waals surface area contributed by atoms with Gasteiger partial charge in [-0.25, -0.2) is 4.39 Å². The van der Waals surface area contributed by atoms with E-state index < -0.39 is 0 Å². The minimum Gasteiger partial charge on any atom is -0.497 e. The van der Waals surface area contributed by atoms with Crippen LogP contribution in [0.25, 0.3) is 33.4 Å². The Balaban J connectivity index is 1.87. The molecule has 0 N–H and O–H groups in total. The lowest BCUT2D eigenvalue weighted by molar-refractivity contribution is 0.414. The van der Waals surface area contributed by atoms with Gasteiger partial charge < -0.3 is 9.47 Å². The predicted octanol–water partition coefficient (Wildman–Crippen LogP) is 6.84. The van der Waals surface area contributed by atoms with Gasteiger partial charge in [0.05, 0.1) is 14.2 Å². The van der Waals surface area contributed by atoms with Crippen molar-refractivity contribution < 1.29 is 13.9 Å². The quantitative estimate of drug-likeness (QED) is 0.375. The molecule has 0 radical (unpaired) electrons. The molecule has 0 amide bonds. The second-order valence-corrected chi connectivity index (χ2v) is 6.73. The van der Waals surface area contributed by atoms with E-state index in [1.54, 1.807) is 26.4 Å². The molecule has 3 heteroatoms. The van der Waals surface area contributed by atoms with Gasteiger partial charge in [0.25, 0.3) is 0 Å². The minimum absolute atomic E-state index is 0.243. The largest absolute Gasteiger partial charge is 0.497 e. The summed E-state index contributed by atoms with van der Waals surface area (Å²) in [4.78, 5) is 0. The van der Waals surface area contributed by atoms with Crippen LogP contribution in [-0.4, -0.2) is 14.2 Å². The van der Waals surface area contributed by atoms with Crippen molar-refractivity contribution in [3.05, 3.63) is 96.8 Å². The third-order valence-corrected chi connectivity index (χ3v) is 4.98. The van der Waals surface area contributed by atoms with Crippen LogP contribution in [0.4, 0.5) is 4.39 Å². The van der Waals surface area contributed by atoms with Gasteiger partial charge >= 0.3 is 0 Å². The van der Waals surface area contributed by atoms with Crippen molar-refractivity contribution >= 4 is 0 Å². The molecule has 0 unspecified atom stereocenters. The first-order chi connectivity index (χ1) is 14.2. The number of benzene rings is 4. The first-order valence-corrected chi connectivity index (χ1v) is 9.37. The molecule has 0 aliphatic rings. The van der Waals surface area contributed by atoms with Crippen LogP contribution in [0, 0.1) is 5.82 Å². The molecule has 144 valence electrons. The SMILES string of the molecule is COc1ccc(-c2ccc(-c3cccc(F)c3)cc2-c2ccc(OC)cc2)cc1. The summed E-state index contributed by atoms with van der Waals surface area (Å²) in [5.41, 5.74) is 6.13. The zero-order valence-corrected chi connectivity index (χ0v) is 16.4. The molecule has 0 aliphatic heterocycles. The summed E-state index contributed by atoms with van der Waals surface area (Å²) < 4.78 is 24.3. The summed E-state index contributed by atoms with van der Waals surface area (Å²) in [6.45, 7) is 0. The van der Waals surface area contributed by atoms with Gasteiger partial charge in [-0.2, -0.15) is 0 Å². The van der Waals surface area contributed by atoms with Crippen LogP contribution in [0.2, 0.25) is 0 Å². The van der Waals surface area contributed by atoms with Gasteiger partial charge in [0.1, 0.15) is 17.3 Å². The molecule has 0 saturated heterocycles. The van der Waals surface area contributed by atoms with E-state index in [2.05, 4.69) is 12.1 Å². The van der Waals surface area contributed by atoms with E-state index in [0.717, 1.165) is 44.9 Å². The van der Waals surface area contributed by atoms with E-state index in [9.17, 15) is 4.39 Å². The van der Waals surface area contributed by atoms with Crippen molar-refractivity contribution in [2.24, 2.45) is 0 Å². The van der Waals surface area contributed by atoms with Gasteiger partial charge in [-0.3, -0.25) is 0 Å². The van der Waals surface area contributed by atoms with Crippen molar-refractivity contribution in [3.63, 3.8) is 0 Å². The number of methoxy groups -OCH3 is 2.